The summed E-state index contributed by atoms with van der Waals surface area (Å²) in [7, 11) is 0. The zero-order valence-electron chi connectivity index (χ0n) is 8.33. The molecule has 76 valence electrons. The molecule has 0 atom stereocenters. The van der Waals surface area contributed by atoms with E-state index in [0.29, 0.717) is 6.04 Å². The lowest BCUT2D eigenvalue weighted by molar-refractivity contribution is 0.417. The van der Waals surface area contributed by atoms with Crippen molar-refractivity contribution in [3.05, 3.63) is 30.1 Å². The van der Waals surface area contributed by atoms with Crippen LogP contribution in [0.25, 0.3) is 0 Å². The highest BCUT2D eigenvalue weighted by Gasteiger charge is 2.23. The van der Waals surface area contributed by atoms with Gasteiger partial charge in [-0.05, 0) is 31.2 Å². The number of nitrogens with one attached hydrogen (secondary N) is 1. The van der Waals surface area contributed by atoms with E-state index in [4.69, 9.17) is 0 Å². The molecule has 0 amide bonds. The summed E-state index contributed by atoms with van der Waals surface area (Å²) in [5, 5.41) is 3.24. The highest BCUT2D eigenvalue weighted by atomic mass is 19.1. The second kappa shape index (κ2) is 3.96. The molecular weight excluding hydrogens is 179 g/mol. The molecule has 1 N–H and O–H groups in total. The lowest BCUT2D eigenvalue weighted by Crippen LogP contribution is -2.57. The average Bonchev–Trinajstić information content (AvgIpc) is 2.13. The number of nitrogens with zero attached hydrogens (tertiary/aromatic N) is 1. The second-order valence-electron chi connectivity index (χ2n) is 3.57. The van der Waals surface area contributed by atoms with Crippen molar-refractivity contribution < 1.29 is 4.39 Å². The van der Waals surface area contributed by atoms with Gasteiger partial charge < -0.3 is 10.2 Å². The Morgan fingerprint density at radius 1 is 1.36 bits per heavy atom. The summed E-state index contributed by atoms with van der Waals surface area (Å²) in [5.41, 5.74) is 1.11. The smallest absolute Gasteiger partial charge is 0.123 e. The Kier molecular flexibility index (Phi) is 2.68. The van der Waals surface area contributed by atoms with Gasteiger partial charge in [-0.15, -0.1) is 0 Å². The Hall–Kier alpha value is -1.09. The SMILES string of the molecule is CCN(c1ccc(F)cc1)C1CNC1. The molecule has 1 aliphatic rings. The van der Waals surface area contributed by atoms with Crippen LogP contribution in [-0.4, -0.2) is 25.7 Å². The predicted molar refractivity (Wildman–Crippen MR) is 56.1 cm³/mol. The molecule has 1 aromatic carbocycles. The fourth-order valence-corrected chi connectivity index (χ4v) is 1.78. The molecule has 0 unspecified atom stereocenters. The van der Waals surface area contributed by atoms with E-state index in [0.717, 1.165) is 25.3 Å². The number of rotatable bonds is 3. The number of benzene rings is 1. The van der Waals surface area contributed by atoms with Crippen LogP contribution >= 0.6 is 0 Å². The van der Waals surface area contributed by atoms with Crippen LogP contribution in [0.3, 0.4) is 0 Å². The summed E-state index contributed by atoms with van der Waals surface area (Å²) in [6.07, 6.45) is 0. The molecule has 0 saturated carbocycles. The monoisotopic (exact) mass is 194 g/mol. The van der Waals surface area contributed by atoms with Crippen molar-refractivity contribution >= 4 is 5.69 Å². The Balaban J connectivity index is 2.14. The molecule has 0 spiro atoms. The molecule has 0 aromatic heterocycles. The number of hydrogen-bond acceptors (Lipinski definition) is 2. The molecule has 1 aromatic rings. The average molecular weight is 194 g/mol. The number of halogens is 1. The lowest BCUT2D eigenvalue weighted by Gasteiger charge is -2.39. The fraction of sp³-hybridized carbons (Fsp3) is 0.455. The second-order valence-corrected chi connectivity index (χ2v) is 3.57. The Morgan fingerprint density at radius 3 is 2.43 bits per heavy atom. The molecule has 2 rings (SSSR count). The van der Waals surface area contributed by atoms with Gasteiger partial charge in [0.2, 0.25) is 0 Å². The van der Waals surface area contributed by atoms with Gasteiger partial charge in [0.25, 0.3) is 0 Å². The van der Waals surface area contributed by atoms with Crippen LogP contribution in [-0.2, 0) is 0 Å². The van der Waals surface area contributed by atoms with Gasteiger partial charge in [0, 0.05) is 25.3 Å². The predicted octanol–water partition coefficient (Wildman–Crippen LogP) is 1.62. The van der Waals surface area contributed by atoms with E-state index >= 15 is 0 Å². The minimum absolute atomic E-state index is 0.170. The molecule has 3 heteroatoms. The van der Waals surface area contributed by atoms with Gasteiger partial charge in [0.15, 0.2) is 0 Å². The first-order chi connectivity index (χ1) is 6.81. The van der Waals surface area contributed by atoms with Crippen LogP contribution in [0.15, 0.2) is 24.3 Å². The summed E-state index contributed by atoms with van der Waals surface area (Å²) in [5.74, 6) is -0.170. The molecule has 1 heterocycles. The number of anilines is 1. The van der Waals surface area contributed by atoms with Crippen molar-refractivity contribution in [2.75, 3.05) is 24.5 Å². The molecule has 14 heavy (non-hydrogen) atoms. The van der Waals surface area contributed by atoms with Gasteiger partial charge in [0.1, 0.15) is 5.82 Å². The van der Waals surface area contributed by atoms with E-state index < -0.39 is 0 Å². The van der Waals surface area contributed by atoms with Crippen LogP contribution < -0.4 is 10.2 Å². The van der Waals surface area contributed by atoms with Gasteiger partial charge in [0.05, 0.1) is 6.04 Å². The molecule has 1 aliphatic heterocycles. The third kappa shape index (κ3) is 1.73. The van der Waals surface area contributed by atoms with Gasteiger partial charge in [-0.1, -0.05) is 0 Å². The van der Waals surface area contributed by atoms with Gasteiger partial charge >= 0.3 is 0 Å². The van der Waals surface area contributed by atoms with E-state index in [1.54, 1.807) is 0 Å². The maximum absolute atomic E-state index is 12.7. The summed E-state index contributed by atoms with van der Waals surface area (Å²) in [6, 6.07) is 7.30. The first-order valence-electron chi connectivity index (χ1n) is 5.04. The minimum Gasteiger partial charge on any atom is -0.366 e. The summed E-state index contributed by atoms with van der Waals surface area (Å²) in [4.78, 5) is 2.30. The quantitative estimate of drug-likeness (QED) is 0.786. The third-order valence-electron chi connectivity index (χ3n) is 2.70. The zero-order valence-corrected chi connectivity index (χ0v) is 8.33. The van der Waals surface area contributed by atoms with Crippen LogP contribution in [0.5, 0.6) is 0 Å². The molecule has 1 saturated heterocycles. The molecule has 0 bridgehead atoms. The van der Waals surface area contributed by atoms with Crippen molar-refractivity contribution in [2.24, 2.45) is 0 Å². The Labute approximate surface area is 83.7 Å². The van der Waals surface area contributed by atoms with Gasteiger partial charge in [-0.3, -0.25) is 0 Å². The summed E-state index contributed by atoms with van der Waals surface area (Å²) in [6.45, 7) is 5.16. The van der Waals surface area contributed by atoms with E-state index in [9.17, 15) is 4.39 Å². The normalized spacial score (nSPS) is 16.4. The Bertz CT molecular complexity index is 293. The molecule has 0 radical (unpaired) electrons. The van der Waals surface area contributed by atoms with E-state index in [1.807, 2.05) is 12.1 Å². The highest BCUT2D eigenvalue weighted by molar-refractivity contribution is 5.47. The lowest BCUT2D eigenvalue weighted by atomic mass is 10.1. The standard InChI is InChI=1S/C11H15FN2/c1-2-14(11-7-13-8-11)10-5-3-9(12)4-6-10/h3-6,11,13H,2,7-8H2,1H3. The maximum atomic E-state index is 12.7. The van der Waals surface area contributed by atoms with E-state index in [-0.39, 0.29) is 5.82 Å². The first kappa shape index (κ1) is 9.46. The van der Waals surface area contributed by atoms with Crippen molar-refractivity contribution in [1.29, 1.82) is 0 Å². The number of hydrogen-bond donors (Lipinski definition) is 1. The van der Waals surface area contributed by atoms with Crippen molar-refractivity contribution in [3.8, 4) is 0 Å². The minimum atomic E-state index is -0.170. The fourth-order valence-electron chi connectivity index (χ4n) is 1.78. The summed E-state index contributed by atoms with van der Waals surface area (Å²) >= 11 is 0. The van der Waals surface area contributed by atoms with Gasteiger partial charge in [-0.25, -0.2) is 4.39 Å². The zero-order chi connectivity index (χ0) is 9.97. The molecule has 0 aliphatic carbocycles. The first-order valence-corrected chi connectivity index (χ1v) is 5.04. The van der Waals surface area contributed by atoms with Crippen LogP contribution in [0.1, 0.15) is 6.92 Å². The van der Waals surface area contributed by atoms with E-state index in [2.05, 4.69) is 17.1 Å². The topological polar surface area (TPSA) is 15.3 Å². The number of likely N-dealkylation sites (N-methyl/N-ethyl adjacent to an activating group) is 1. The molecular formula is C11H15FN2. The van der Waals surface area contributed by atoms with E-state index in [1.165, 1.54) is 12.1 Å². The van der Waals surface area contributed by atoms with Crippen molar-refractivity contribution in [3.63, 3.8) is 0 Å². The molecule has 1 fully saturated rings. The third-order valence-corrected chi connectivity index (χ3v) is 2.70. The van der Waals surface area contributed by atoms with Crippen LogP contribution in [0.4, 0.5) is 10.1 Å². The van der Waals surface area contributed by atoms with Crippen molar-refractivity contribution in [2.45, 2.75) is 13.0 Å². The Morgan fingerprint density at radius 2 is 2.00 bits per heavy atom. The van der Waals surface area contributed by atoms with Crippen LogP contribution in [0.2, 0.25) is 0 Å². The maximum Gasteiger partial charge on any atom is 0.123 e. The highest BCUT2D eigenvalue weighted by Crippen LogP contribution is 2.18. The summed E-state index contributed by atoms with van der Waals surface area (Å²) < 4.78 is 12.7. The largest absolute Gasteiger partial charge is 0.366 e. The molecule has 2 nitrogen and oxygen atoms in total. The van der Waals surface area contributed by atoms with Gasteiger partial charge in [-0.2, -0.15) is 0 Å². The van der Waals surface area contributed by atoms with Crippen molar-refractivity contribution in [1.82, 2.24) is 5.32 Å². The van der Waals surface area contributed by atoms with Crippen LogP contribution in [0, 0.1) is 5.82 Å².